The zero-order valence-electron chi connectivity index (χ0n) is 12.5. The van der Waals surface area contributed by atoms with Crippen LogP contribution in [0.25, 0.3) is 0 Å². The number of alkyl halides is 5. The third kappa shape index (κ3) is 8.32. The molecule has 4 nitrogen and oxygen atoms in total. The lowest BCUT2D eigenvalue weighted by Gasteiger charge is -2.05. The van der Waals surface area contributed by atoms with Crippen molar-refractivity contribution >= 4 is 47.8 Å². The molecule has 138 valence electrons. The molecule has 2 aromatic rings. The molecule has 0 aliphatic carbocycles. The summed E-state index contributed by atoms with van der Waals surface area (Å²) in [6.45, 7) is -3.88. The van der Waals surface area contributed by atoms with E-state index in [0.717, 1.165) is 11.1 Å². The lowest BCUT2D eigenvalue weighted by atomic mass is 10.3. The summed E-state index contributed by atoms with van der Waals surface area (Å²) in [4.78, 5) is 7.38. The zero-order chi connectivity index (χ0) is 19.0. The van der Waals surface area contributed by atoms with Crippen molar-refractivity contribution in [3.8, 4) is 11.8 Å². The van der Waals surface area contributed by atoms with Crippen LogP contribution in [0, 0.1) is 6.92 Å². The van der Waals surface area contributed by atoms with E-state index in [1.165, 1.54) is 12.4 Å². The molecular formula is C14H11Br3F4N2O2. The zero-order valence-corrected chi connectivity index (χ0v) is 17.3. The van der Waals surface area contributed by atoms with Crippen LogP contribution in [0.5, 0.6) is 11.8 Å². The van der Waals surface area contributed by atoms with Gasteiger partial charge in [0.15, 0.2) is 0 Å². The minimum atomic E-state index is -2.85. The van der Waals surface area contributed by atoms with E-state index in [1.807, 2.05) is 6.92 Å². The van der Waals surface area contributed by atoms with Crippen molar-refractivity contribution in [2.45, 2.75) is 25.5 Å². The van der Waals surface area contributed by atoms with Crippen molar-refractivity contribution in [1.82, 2.24) is 9.97 Å². The third-order valence-corrected chi connectivity index (χ3v) is 4.15. The smallest absolute Gasteiger partial charge is 0.388 e. The van der Waals surface area contributed by atoms with Gasteiger partial charge in [0.25, 0.3) is 0 Å². The van der Waals surface area contributed by atoms with Crippen LogP contribution in [0.4, 0.5) is 17.6 Å². The molecule has 0 saturated carbocycles. The largest absolute Gasteiger partial charge is 0.416 e. The maximum Gasteiger partial charge on any atom is 0.388 e. The molecule has 0 saturated heterocycles. The summed E-state index contributed by atoms with van der Waals surface area (Å²) in [5.41, 5.74) is 1.76. The van der Waals surface area contributed by atoms with E-state index in [4.69, 9.17) is 0 Å². The van der Waals surface area contributed by atoms with Gasteiger partial charge < -0.3 is 9.47 Å². The van der Waals surface area contributed by atoms with Crippen LogP contribution in [0.1, 0.15) is 11.1 Å². The first-order valence-corrected chi connectivity index (χ1v) is 9.15. The molecule has 2 aromatic heterocycles. The number of hydrogen-bond acceptors (Lipinski definition) is 4. The predicted molar refractivity (Wildman–Crippen MR) is 94.5 cm³/mol. The fraction of sp³-hybridized carbons (Fsp3) is 0.286. The number of aryl methyl sites for hydroxylation is 1. The van der Waals surface area contributed by atoms with Crippen molar-refractivity contribution in [1.29, 1.82) is 0 Å². The number of aromatic nitrogens is 2. The monoisotopic (exact) mass is 552 g/mol. The van der Waals surface area contributed by atoms with Gasteiger partial charge in [-0.2, -0.15) is 17.6 Å². The van der Waals surface area contributed by atoms with Gasteiger partial charge >= 0.3 is 13.2 Å². The highest BCUT2D eigenvalue weighted by molar-refractivity contribution is 9.11. The molecule has 0 radical (unpaired) electrons. The van der Waals surface area contributed by atoms with Crippen molar-refractivity contribution in [2.24, 2.45) is 0 Å². The Bertz CT molecular complexity index is 693. The summed E-state index contributed by atoms with van der Waals surface area (Å²) in [5, 5.41) is 0.619. The molecule has 0 aliphatic heterocycles. The van der Waals surface area contributed by atoms with Gasteiger partial charge in [0.2, 0.25) is 11.8 Å². The maximum atomic E-state index is 11.8. The van der Waals surface area contributed by atoms with Gasteiger partial charge in [0.1, 0.15) is 0 Å². The Morgan fingerprint density at radius 1 is 0.920 bits per heavy atom. The second kappa shape index (κ2) is 10.9. The highest BCUT2D eigenvalue weighted by Gasteiger charge is 2.10. The fourth-order valence-corrected chi connectivity index (χ4v) is 2.75. The number of pyridine rings is 2. The number of hydrogen-bond donors (Lipinski definition) is 0. The Morgan fingerprint density at radius 3 is 1.80 bits per heavy atom. The molecule has 2 heterocycles. The minimum absolute atomic E-state index is 0.0874. The summed E-state index contributed by atoms with van der Waals surface area (Å²) < 4.78 is 56.1. The highest BCUT2D eigenvalue weighted by atomic mass is 79.9. The number of halogens is 7. The number of nitrogens with zero attached hydrogens (tertiary/aromatic N) is 2. The molecule has 25 heavy (non-hydrogen) atoms. The van der Waals surface area contributed by atoms with Gasteiger partial charge in [-0.15, -0.1) is 0 Å². The van der Waals surface area contributed by atoms with Crippen molar-refractivity contribution in [2.75, 3.05) is 0 Å². The van der Waals surface area contributed by atoms with Crippen molar-refractivity contribution < 1.29 is 27.0 Å². The van der Waals surface area contributed by atoms with Crippen molar-refractivity contribution in [3.05, 3.63) is 44.6 Å². The van der Waals surface area contributed by atoms with E-state index in [0.29, 0.717) is 14.3 Å². The maximum absolute atomic E-state index is 11.8. The lowest BCUT2D eigenvalue weighted by Crippen LogP contribution is -2.04. The molecule has 2 rings (SSSR count). The average molecular weight is 555 g/mol. The van der Waals surface area contributed by atoms with E-state index in [-0.39, 0.29) is 11.8 Å². The topological polar surface area (TPSA) is 44.2 Å². The Labute approximate surface area is 166 Å². The Balaban J connectivity index is 0.000000251. The number of rotatable bonds is 5. The standard InChI is InChI=1S/C7H5Br2F2NO.C7H6BrF2NO/c8-2-4-1-5(9)6(12-3-4)13-7(10)11;1-4-2-5(8)6(11-3-4)12-7(9)10/h1,3,7H,2H2;2-3,7H,1H3. The minimum Gasteiger partial charge on any atom is -0.416 e. The second-order valence-electron chi connectivity index (χ2n) is 4.32. The molecule has 0 unspecified atom stereocenters. The summed E-state index contributed by atoms with van der Waals surface area (Å²) in [6.07, 6.45) is 2.93. The quantitative estimate of drug-likeness (QED) is 0.331. The predicted octanol–water partition coefficient (Wildman–Crippen LogP) is 6.09. The summed E-state index contributed by atoms with van der Waals surface area (Å²) in [7, 11) is 0. The first kappa shape index (κ1) is 22.1. The Kier molecular flexibility index (Phi) is 9.65. The van der Waals surface area contributed by atoms with Gasteiger partial charge in [-0.05, 0) is 62.0 Å². The fourth-order valence-electron chi connectivity index (χ4n) is 1.40. The summed E-state index contributed by atoms with van der Waals surface area (Å²) >= 11 is 9.35. The highest BCUT2D eigenvalue weighted by Crippen LogP contribution is 2.25. The number of ether oxygens (including phenoxy) is 2. The van der Waals surface area contributed by atoms with Gasteiger partial charge in [0.05, 0.1) is 8.95 Å². The molecule has 0 aliphatic rings. The molecule has 0 aromatic carbocycles. The van der Waals surface area contributed by atoms with E-state index >= 15 is 0 Å². The van der Waals surface area contributed by atoms with Crippen LogP contribution in [0.3, 0.4) is 0 Å². The molecule has 0 fully saturated rings. The summed E-state index contributed by atoms with van der Waals surface area (Å²) in [6, 6.07) is 3.32. The van der Waals surface area contributed by atoms with Gasteiger partial charge in [-0.25, -0.2) is 9.97 Å². The first-order valence-electron chi connectivity index (χ1n) is 6.45. The normalized spacial score (nSPS) is 10.5. The van der Waals surface area contributed by atoms with Gasteiger partial charge in [-0.1, -0.05) is 15.9 Å². The molecule has 0 N–H and O–H groups in total. The first-order chi connectivity index (χ1) is 11.7. The van der Waals surface area contributed by atoms with E-state index in [1.54, 1.807) is 12.1 Å². The molecule has 11 heteroatoms. The second-order valence-corrected chi connectivity index (χ2v) is 6.59. The van der Waals surface area contributed by atoms with Crippen LogP contribution >= 0.6 is 47.8 Å². The van der Waals surface area contributed by atoms with Crippen LogP contribution < -0.4 is 9.47 Å². The SMILES string of the molecule is Cc1cnc(OC(F)F)c(Br)c1.FC(F)Oc1ncc(CBr)cc1Br. The Hall–Kier alpha value is -0.940. The molecular weight excluding hydrogens is 544 g/mol. The van der Waals surface area contributed by atoms with Crippen LogP contribution in [-0.4, -0.2) is 23.2 Å². The van der Waals surface area contributed by atoms with E-state index in [2.05, 4.69) is 67.2 Å². The Morgan fingerprint density at radius 2 is 1.40 bits per heavy atom. The van der Waals surface area contributed by atoms with Crippen LogP contribution in [-0.2, 0) is 5.33 Å². The third-order valence-electron chi connectivity index (χ3n) is 2.36. The molecule has 0 amide bonds. The van der Waals surface area contributed by atoms with Gasteiger partial charge in [-0.3, -0.25) is 0 Å². The molecule has 0 spiro atoms. The van der Waals surface area contributed by atoms with E-state index in [9.17, 15) is 17.6 Å². The van der Waals surface area contributed by atoms with Crippen LogP contribution in [0.15, 0.2) is 33.5 Å². The molecule has 0 atom stereocenters. The van der Waals surface area contributed by atoms with Gasteiger partial charge in [0, 0.05) is 17.7 Å². The lowest BCUT2D eigenvalue weighted by molar-refractivity contribution is -0.0541. The van der Waals surface area contributed by atoms with Crippen molar-refractivity contribution in [3.63, 3.8) is 0 Å². The van der Waals surface area contributed by atoms with E-state index < -0.39 is 13.2 Å². The average Bonchev–Trinajstić information content (AvgIpc) is 2.52. The van der Waals surface area contributed by atoms with Crippen LogP contribution in [0.2, 0.25) is 0 Å². The molecule has 0 bridgehead atoms. The summed E-state index contributed by atoms with van der Waals surface area (Å²) in [5.74, 6) is -0.185.